The molecule has 1 heterocycles. The number of nitrogens with two attached hydrogens (primary N) is 1. The second-order valence-corrected chi connectivity index (χ2v) is 8.19. The Balaban J connectivity index is 0.00000400. The molecule has 1 fully saturated rings. The maximum atomic E-state index is 12.2. The molecule has 6 nitrogen and oxygen atoms in total. The highest BCUT2D eigenvalue weighted by Crippen LogP contribution is 2.22. The topological polar surface area (TPSA) is 92.5 Å². The molecule has 0 saturated carbocycles. The maximum absolute atomic E-state index is 12.2. The molecule has 0 bridgehead atoms. The van der Waals surface area contributed by atoms with Crippen LogP contribution in [0.25, 0.3) is 0 Å². The molecular weight excluding hydrogens is 314 g/mol. The normalized spacial score (nSPS) is 20.1. The standard InChI is InChI=1S/C13H27N3O3S.ClH/c1-4-5-9-20(18,19)16-8-6-7-11(16)12(17)15-10-13(2,3)14;/h11H,4-10,14H2,1-3H3,(H,15,17);1H. The van der Waals surface area contributed by atoms with Crippen LogP contribution >= 0.6 is 12.4 Å². The van der Waals surface area contributed by atoms with Gasteiger partial charge in [-0.3, -0.25) is 4.79 Å². The first-order chi connectivity index (χ1) is 9.17. The lowest BCUT2D eigenvalue weighted by Crippen LogP contribution is -2.51. The number of carbonyl (C=O) groups excluding carboxylic acids is 1. The molecule has 0 spiro atoms. The van der Waals surface area contributed by atoms with E-state index >= 15 is 0 Å². The van der Waals surface area contributed by atoms with Gasteiger partial charge in [0.2, 0.25) is 15.9 Å². The zero-order chi connectivity index (χ0) is 15.4. The highest BCUT2D eigenvalue weighted by atomic mass is 35.5. The molecule has 126 valence electrons. The third-order valence-electron chi connectivity index (χ3n) is 3.34. The summed E-state index contributed by atoms with van der Waals surface area (Å²) in [5.41, 5.74) is 5.32. The smallest absolute Gasteiger partial charge is 0.238 e. The molecule has 1 saturated heterocycles. The van der Waals surface area contributed by atoms with Crippen molar-refractivity contribution in [1.29, 1.82) is 0 Å². The van der Waals surface area contributed by atoms with Gasteiger partial charge in [-0.05, 0) is 33.1 Å². The summed E-state index contributed by atoms with van der Waals surface area (Å²) in [4.78, 5) is 12.2. The third kappa shape index (κ3) is 6.50. The van der Waals surface area contributed by atoms with Crippen molar-refractivity contribution in [2.24, 2.45) is 5.73 Å². The van der Waals surface area contributed by atoms with Crippen molar-refractivity contribution in [2.75, 3.05) is 18.8 Å². The van der Waals surface area contributed by atoms with Crippen LogP contribution in [0.4, 0.5) is 0 Å². The molecule has 0 aliphatic carbocycles. The van der Waals surface area contributed by atoms with Crippen LogP contribution in [0.15, 0.2) is 0 Å². The summed E-state index contributed by atoms with van der Waals surface area (Å²) in [6.07, 6.45) is 2.77. The van der Waals surface area contributed by atoms with Gasteiger partial charge in [-0.15, -0.1) is 12.4 Å². The molecule has 0 aromatic rings. The largest absolute Gasteiger partial charge is 0.353 e. The molecule has 0 aromatic heterocycles. The van der Waals surface area contributed by atoms with E-state index in [-0.39, 0.29) is 24.1 Å². The zero-order valence-corrected chi connectivity index (χ0v) is 14.7. The number of hydrogen-bond acceptors (Lipinski definition) is 4. The molecule has 1 aliphatic heterocycles. The average Bonchev–Trinajstić information content (AvgIpc) is 2.82. The number of rotatable bonds is 7. The van der Waals surface area contributed by atoms with Crippen LogP contribution in [-0.4, -0.2) is 49.1 Å². The van der Waals surface area contributed by atoms with Crippen molar-refractivity contribution < 1.29 is 13.2 Å². The Bertz CT molecular complexity index is 434. The van der Waals surface area contributed by atoms with Crippen molar-refractivity contribution in [3.8, 4) is 0 Å². The molecule has 1 rings (SSSR count). The predicted octanol–water partition coefficient (Wildman–Crippen LogP) is 0.856. The molecule has 0 aromatic carbocycles. The van der Waals surface area contributed by atoms with Crippen molar-refractivity contribution in [3.63, 3.8) is 0 Å². The second kappa shape index (κ2) is 8.31. The van der Waals surface area contributed by atoms with E-state index in [1.54, 1.807) is 0 Å². The molecule has 8 heteroatoms. The van der Waals surface area contributed by atoms with Crippen LogP contribution in [0.2, 0.25) is 0 Å². The van der Waals surface area contributed by atoms with Gasteiger partial charge in [0.05, 0.1) is 5.75 Å². The highest BCUT2D eigenvalue weighted by Gasteiger charge is 2.38. The van der Waals surface area contributed by atoms with E-state index < -0.39 is 21.6 Å². The molecule has 21 heavy (non-hydrogen) atoms. The molecule has 0 radical (unpaired) electrons. The monoisotopic (exact) mass is 341 g/mol. The Morgan fingerprint density at radius 3 is 2.57 bits per heavy atom. The number of unbranched alkanes of at least 4 members (excludes halogenated alkanes) is 1. The summed E-state index contributed by atoms with van der Waals surface area (Å²) in [5, 5.41) is 2.75. The van der Waals surface area contributed by atoms with E-state index in [0.717, 1.165) is 12.8 Å². The Morgan fingerprint density at radius 1 is 1.43 bits per heavy atom. The number of amides is 1. The van der Waals surface area contributed by atoms with Gasteiger partial charge in [0.15, 0.2) is 0 Å². The van der Waals surface area contributed by atoms with Gasteiger partial charge in [0.25, 0.3) is 0 Å². The van der Waals surface area contributed by atoms with Gasteiger partial charge < -0.3 is 11.1 Å². The fraction of sp³-hybridized carbons (Fsp3) is 0.923. The number of sulfonamides is 1. The van der Waals surface area contributed by atoms with Crippen molar-refractivity contribution >= 4 is 28.3 Å². The number of carbonyl (C=O) groups is 1. The van der Waals surface area contributed by atoms with Crippen LogP contribution in [0.1, 0.15) is 46.5 Å². The molecule has 1 aliphatic rings. The van der Waals surface area contributed by atoms with Gasteiger partial charge in [-0.25, -0.2) is 8.42 Å². The van der Waals surface area contributed by atoms with E-state index in [9.17, 15) is 13.2 Å². The van der Waals surface area contributed by atoms with Gasteiger partial charge in [0.1, 0.15) is 6.04 Å². The first-order valence-corrected chi connectivity index (χ1v) is 8.84. The number of halogens is 1. The van der Waals surface area contributed by atoms with Gasteiger partial charge in [-0.1, -0.05) is 13.3 Å². The van der Waals surface area contributed by atoms with E-state index in [0.29, 0.717) is 25.9 Å². The van der Waals surface area contributed by atoms with E-state index in [2.05, 4.69) is 5.32 Å². The number of nitrogens with one attached hydrogen (secondary N) is 1. The fourth-order valence-corrected chi connectivity index (χ4v) is 4.10. The Labute approximate surface area is 134 Å². The van der Waals surface area contributed by atoms with E-state index in [4.69, 9.17) is 5.73 Å². The maximum Gasteiger partial charge on any atom is 0.238 e. The fourth-order valence-electron chi connectivity index (χ4n) is 2.21. The minimum Gasteiger partial charge on any atom is -0.353 e. The molecule has 1 atom stereocenters. The second-order valence-electron chi connectivity index (χ2n) is 6.14. The van der Waals surface area contributed by atoms with E-state index in [1.165, 1.54) is 4.31 Å². The minimum atomic E-state index is -3.33. The summed E-state index contributed by atoms with van der Waals surface area (Å²) in [5.74, 6) is -0.114. The Morgan fingerprint density at radius 2 is 2.05 bits per heavy atom. The highest BCUT2D eigenvalue weighted by molar-refractivity contribution is 7.89. The van der Waals surface area contributed by atoms with Crippen molar-refractivity contribution in [3.05, 3.63) is 0 Å². The van der Waals surface area contributed by atoms with Gasteiger partial charge >= 0.3 is 0 Å². The lowest BCUT2D eigenvalue weighted by atomic mass is 10.1. The number of nitrogens with zero attached hydrogens (tertiary/aromatic N) is 1. The van der Waals surface area contributed by atoms with Crippen molar-refractivity contribution in [1.82, 2.24) is 9.62 Å². The Hall–Kier alpha value is -0.370. The van der Waals surface area contributed by atoms with Gasteiger partial charge in [-0.2, -0.15) is 4.31 Å². The molecular formula is C13H28ClN3O3S. The zero-order valence-electron chi connectivity index (χ0n) is 13.1. The first kappa shape index (κ1) is 20.6. The summed E-state index contributed by atoms with van der Waals surface area (Å²) < 4.78 is 25.8. The minimum absolute atomic E-state index is 0. The first-order valence-electron chi connectivity index (χ1n) is 7.23. The molecule has 1 amide bonds. The lowest BCUT2D eigenvalue weighted by molar-refractivity contribution is -0.124. The molecule has 1 unspecified atom stereocenters. The summed E-state index contributed by atoms with van der Waals surface area (Å²) in [6.45, 7) is 6.36. The van der Waals surface area contributed by atoms with Crippen LogP contribution in [0.3, 0.4) is 0 Å². The SMILES string of the molecule is CCCCS(=O)(=O)N1CCCC1C(=O)NCC(C)(C)N.Cl. The number of hydrogen-bond donors (Lipinski definition) is 2. The predicted molar refractivity (Wildman–Crippen MR) is 86.9 cm³/mol. The van der Waals surface area contributed by atoms with Crippen LogP contribution in [-0.2, 0) is 14.8 Å². The summed E-state index contributed by atoms with van der Waals surface area (Å²) >= 11 is 0. The van der Waals surface area contributed by atoms with Crippen LogP contribution in [0.5, 0.6) is 0 Å². The average molecular weight is 342 g/mol. The van der Waals surface area contributed by atoms with Gasteiger partial charge in [0, 0.05) is 18.6 Å². The van der Waals surface area contributed by atoms with E-state index in [1.807, 2.05) is 20.8 Å². The Kier molecular flexibility index (Phi) is 8.17. The quantitative estimate of drug-likeness (QED) is 0.718. The lowest BCUT2D eigenvalue weighted by Gasteiger charge is -2.25. The van der Waals surface area contributed by atoms with Crippen LogP contribution in [0, 0.1) is 0 Å². The molecule has 3 N–H and O–H groups in total. The van der Waals surface area contributed by atoms with Crippen molar-refractivity contribution in [2.45, 2.75) is 58.0 Å². The van der Waals surface area contributed by atoms with Crippen LogP contribution < -0.4 is 11.1 Å². The summed E-state index contributed by atoms with van der Waals surface area (Å²) in [7, 11) is -3.33. The summed E-state index contributed by atoms with van der Waals surface area (Å²) in [6, 6.07) is -0.570. The third-order valence-corrected chi connectivity index (χ3v) is 5.29.